The number of rotatable bonds is 7. The van der Waals surface area contributed by atoms with Crippen molar-refractivity contribution in [2.45, 2.75) is 13.8 Å². The summed E-state index contributed by atoms with van der Waals surface area (Å²) >= 11 is 0. The fourth-order valence-corrected chi connectivity index (χ4v) is 7.68. The Morgan fingerprint density at radius 2 is 0.885 bits per heavy atom. The van der Waals surface area contributed by atoms with Crippen LogP contribution in [0.3, 0.4) is 0 Å². The first-order chi connectivity index (χ1) is 25.6. The van der Waals surface area contributed by atoms with E-state index in [1.165, 1.54) is 72.0 Å². The van der Waals surface area contributed by atoms with Gasteiger partial charge in [0.2, 0.25) is 0 Å². The molecule has 0 aliphatic rings. The van der Waals surface area contributed by atoms with Gasteiger partial charge in [0.25, 0.3) is 0 Å². The van der Waals surface area contributed by atoms with Crippen molar-refractivity contribution in [2.24, 2.45) is 0 Å². The standard InChI is InChI=1S/C50H38N2/c1-35-21-31-44(36(2)33-35)45-17-9-11-19-48(45)52-49-20-12-10-18-46(49)47-32-30-43(34-50(47)52)51(41-26-22-39(23-27-41)37-13-5-3-6-14-37)42-28-24-40(25-29-42)38-15-7-4-8-16-38/h3-34H,1-2H3. The van der Waals surface area contributed by atoms with Crippen LogP contribution in [0.4, 0.5) is 17.1 Å². The van der Waals surface area contributed by atoms with Crippen LogP contribution >= 0.6 is 0 Å². The van der Waals surface area contributed by atoms with Gasteiger partial charge in [0.1, 0.15) is 0 Å². The number of aromatic nitrogens is 1. The molecule has 0 N–H and O–H groups in total. The average molecular weight is 667 g/mol. The quantitative estimate of drug-likeness (QED) is 0.164. The fourth-order valence-electron chi connectivity index (χ4n) is 7.68. The van der Waals surface area contributed by atoms with Crippen molar-refractivity contribution in [3.63, 3.8) is 0 Å². The lowest BCUT2D eigenvalue weighted by molar-refractivity contribution is 1.18. The molecule has 52 heavy (non-hydrogen) atoms. The van der Waals surface area contributed by atoms with Crippen molar-refractivity contribution in [2.75, 3.05) is 4.90 Å². The monoisotopic (exact) mass is 666 g/mol. The third kappa shape index (κ3) is 5.65. The minimum Gasteiger partial charge on any atom is -0.310 e. The molecule has 0 saturated carbocycles. The molecule has 2 heteroatoms. The fraction of sp³-hybridized carbons (Fsp3) is 0.0400. The van der Waals surface area contributed by atoms with E-state index >= 15 is 0 Å². The van der Waals surface area contributed by atoms with E-state index in [-0.39, 0.29) is 0 Å². The Morgan fingerprint density at radius 3 is 1.52 bits per heavy atom. The summed E-state index contributed by atoms with van der Waals surface area (Å²) < 4.78 is 2.46. The number of hydrogen-bond acceptors (Lipinski definition) is 1. The summed E-state index contributed by atoms with van der Waals surface area (Å²) in [6.45, 7) is 4.38. The highest BCUT2D eigenvalue weighted by molar-refractivity contribution is 6.11. The summed E-state index contributed by atoms with van der Waals surface area (Å²) in [5.41, 5.74) is 16.7. The molecule has 248 valence electrons. The molecule has 8 aromatic carbocycles. The lowest BCUT2D eigenvalue weighted by Gasteiger charge is -2.26. The molecule has 0 saturated heterocycles. The summed E-state index contributed by atoms with van der Waals surface area (Å²) in [5.74, 6) is 0. The molecule has 0 spiro atoms. The third-order valence-electron chi connectivity index (χ3n) is 10.2. The first-order valence-corrected chi connectivity index (χ1v) is 17.9. The van der Waals surface area contributed by atoms with Crippen LogP contribution in [-0.2, 0) is 0 Å². The average Bonchev–Trinajstić information content (AvgIpc) is 3.53. The van der Waals surface area contributed by atoms with E-state index in [4.69, 9.17) is 0 Å². The van der Waals surface area contributed by atoms with Crippen LogP contribution in [-0.4, -0.2) is 4.57 Å². The van der Waals surface area contributed by atoms with Crippen molar-refractivity contribution in [1.82, 2.24) is 4.57 Å². The second kappa shape index (κ2) is 13.2. The highest BCUT2D eigenvalue weighted by atomic mass is 15.1. The number of hydrogen-bond donors (Lipinski definition) is 0. The molecule has 1 aromatic heterocycles. The first kappa shape index (κ1) is 31.3. The molecule has 9 aromatic rings. The molecule has 0 amide bonds. The second-order valence-electron chi connectivity index (χ2n) is 13.6. The van der Waals surface area contributed by atoms with Gasteiger partial charge < -0.3 is 9.47 Å². The van der Waals surface area contributed by atoms with Crippen LogP contribution in [0, 0.1) is 13.8 Å². The number of para-hydroxylation sites is 2. The van der Waals surface area contributed by atoms with Crippen molar-refractivity contribution < 1.29 is 0 Å². The van der Waals surface area contributed by atoms with Gasteiger partial charge in [0, 0.05) is 33.4 Å². The zero-order chi connectivity index (χ0) is 35.0. The van der Waals surface area contributed by atoms with Crippen LogP contribution in [0.2, 0.25) is 0 Å². The van der Waals surface area contributed by atoms with Crippen LogP contribution in [0.25, 0.3) is 60.9 Å². The van der Waals surface area contributed by atoms with Crippen LogP contribution in [0.15, 0.2) is 194 Å². The minimum atomic E-state index is 1.10. The van der Waals surface area contributed by atoms with E-state index in [1.807, 2.05) is 0 Å². The maximum Gasteiger partial charge on any atom is 0.0562 e. The molecule has 1 heterocycles. The maximum absolute atomic E-state index is 2.46. The van der Waals surface area contributed by atoms with Crippen LogP contribution in [0.1, 0.15) is 11.1 Å². The van der Waals surface area contributed by atoms with Crippen molar-refractivity contribution in [3.8, 4) is 39.1 Å². The summed E-state index contributed by atoms with van der Waals surface area (Å²) in [6.07, 6.45) is 0. The third-order valence-corrected chi connectivity index (χ3v) is 10.2. The van der Waals surface area contributed by atoms with Crippen LogP contribution in [0.5, 0.6) is 0 Å². The number of anilines is 3. The van der Waals surface area contributed by atoms with Gasteiger partial charge in [0.15, 0.2) is 0 Å². The normalized spacial score (nSPS) is 11.3. The molecule has 0 fully saturated rings. The Labute approximate surface area is 305 Å². The zero-order valence-corrected chi connectivity index (χ0v) is 29.4. The van der Waals surface area contributed by atoms with Crippen molar-refractivity contribution in [1.29, 1.82) is 0 Å². The Morgan fingerprint density at radius 1 is 0.365 bits per heavy atom. The van der Waals surface area contributed by atoms with Crippen LogP contribution < -0.4 is 4.90 Å². The molecule has 0 aliphatic carbocycles. The molecule has 0 unspecified atom stereocenters. The molecule has 0 bridgehead atoms. The number of benzene rings is 8. The zero-order valence-electron chi connectivity index (χ0n) is 29.4. The molecule has 2 nitrogen and oxygen atoms in total. The highest BCUT2D eigenvalue weighted by Gasteiger charge is 2.20. The second-order valence-corrected chi connectivity index (χ2v) is 13.6. The predicted molar refractivity (Wildman–Crippen MR) is 221 cm³/mol. The largest absolute Gasteiger partial charge is 0.310 e. The maximum atomic E-state index is 2.46. The van der Waals surface area contributed by atoms with E-state index in [0.717, 1.165) is 17.1 Å². The van der Waals surface area contributed by atoms with E-state index in [2.05, 4.69) is 217 Å². The highest BCUT2D eigenvalue weighted by Crippen LogP contribution is 2.42. The molecule has 9 rings (SSSR count). The molecule has 0 radical (unpaired) electrons. The van der Waals surface area contributed by atoms with E-state index in [9.17, 15) is 0 Å². The number of fused-ring (bicyclic) bond motifs is 3. The van der Waals surface area contributed by atoms with Crippen molar-refractivity contribution >= 4 is 38.9 Å². The van der Waals surface area contributed by atoms with Gasteiger partial charge >= 0.3 is 0 Å². The summed E-state index contributed by atoms with van der Waals surface area (Å²) in [4.78, 5) is 2.38. The van der Waals surface area contributed by atoms with E-state index in [0.29, 0.717) is 0 Å². The minimum absolute atomic E-state index is 1.10. The summed E-state index contributed by atoms with van der Waals surface area (Å²) in [7, 11) is 0. The van der Waals surface area contributed by atoms with E-state index < -0.39 is 0 Å². The summed E-state index contributed by atoms with van der Waals surface area (Å²) in [5, 5.41) is 2.47. The van der Waals surface area contributed by atoms with Gasteiger partial charge in [-0.25, -0.2) is 0 Å². The first-order valence-electron chi connectivity index (χ1n) is 17.9. The van der Waals surface area contributed by atoms with E-state index in [1.54, 1.807) is 0 Å². The lowest BCUT2D eigenvalue weighted by atomic mass is 9.97. The van der Waals surface area contributed by atoms with Gasteiger partial charge in [-0.1, -0.05) is 151 Å². The summed E-state index contributed by atoms with van der Waals surface area (Å²) in [6, 6.07) is 70.3. The molecular weight excluding hydrogens is 629 g/mol. The number of nitrogens with zero attached hydrogens (tertiary/aromatic N) is 2. The van der Waals surface area contributed by atoms with Gasteiger partial charge in [-0.2, -0.15) is 0 Å². The van der Waals surface area contributed by atoms with Gasteiger partial charge in [-0.3, -0.25) is 0 Å². The Kier molecular flexibility index (Phi) is 7.98. The topological polar surface area (TPSA) is 8.17 Å². The predicted octanol–water partition coefficient (Wildman–Crippen LogP) is 13.9. The Balaban J connectivity index is 1.24. The smallest absolute Gasteiger partial charge is 0.0562 e. The van der Waals surface area contributed by atoms with Gasteiger partial charge in [0.05, 0.1) is 16.7 Å². The lowest BCUT2D eigenvalue weighted by Crippen LogP contribution is -2.10. The van der Waals surface area contributed by atoms with Gasteiger partial charge in [-0.05, 0) is 95.8 Å². The molecule has 0 atom stereocenters. The SMILES string of the molecule is Cc1ccc(-c2ccccc2-n2c3ccccc3c3ccc(N(c4ccc(-c5ccccc5)cc4)c4ccc(-c5ccccc5)cc4)cc32)c(C)c1. The van der Waals surface area contributed by atoms with Crippen molar-refractivity contribution in [3.05, 3.63) is 205 Å². The Hall–Kier alpha value is -6.64. The van der Waals surface area contributed by atoms with Gasteiger partial charge in [-0.15, -0.1) is 0 Å². The Bertz CT molecular complexity index is 2590. The number of aryl methyl sites for hydroxylation is 2. The molecule has 0 aliphatic heterocycles. The molecular formula is C50H38N2.